The topological polar surface area (TPSA) is 82.4 Å². The summed E-state index contributed by atoms with van der Waals surface area (Å²) in [5.41, 5.74) is 1.73. The molecule has 1 unspecified atom stereocenters. The van der Waals surface area contributed by atoms with Crippen molar-refractivity contribution in [2.75, 3.05) is 26.2 Å². The normalized spacial score (nSPS) is 25.3. The van der Waals surface area contributed by atoms with Crippen LogP contribution in [0, 0.1) is 11.7 Å². The summed E-state index contributed by atoms with van der Waals surface area (Å²) in [6, 6.07) is 10.8. The number of hydrogen-bond donors (Lipinski definition) is 0. The van der Waals surface area contributed by atoms with Crippen LogP contribution in [0.4, 0.5) is 4.39 Å². The van der Waals surface area contributed by atoms with E-state index in [0.29, 0.717) is 17.5 Å². The van der Waals surface area contributed by atoms with Crippen LogP contribution in [0.2, 0.25) is 0 Å². The minimum Gasteiger partial charge on any atom is -0.339 e. The summed E-state index contributed by atoms with van der Waals surface area (Å²) < 4.78 is 45.3. The second-order valence-corrected chi connectivity index (χ2v) is 7.98. The van der Waals surface area contributed by atoms with Crippen LogP contribution < -0.4 is 0 Å². The summed E-state index contributed by atoms with van der Waals surface area (Å²) in [5, 5.41) is 7.80. The third-order valence-corrected chi connectivity index (χ3v) is 5.94. The maximum atomic E-state index is 14.7. The highest BCUT2D eigenvalue weighted by atomic mass is 19.1. The molecule has 7 nitrogen and oxygen atoms in total. The third-order valence-electron chi connectivity index (χ3n) is 5.94. The average Bonchev–Trinajstić information content (AvgIpc) is 3.29. The molecule has 8 heteroatoms. The second-order valence-electron chi connectivity index (χ2n) is 7.98. The zero-order chi connectivity index (χ0) is 25.8. The minimum absolute atomic E-state index is 0.112. The molecule has 0 radical (unpaired) electrons. The quantitative estimate of drug-likeness (QED) is 0.734. The maximum absolute atomic E-state index is 14.7. The molecule has 3 aliphatic rings. The first-order chi connectivity index (χ1) is 17.0. The summed E-state index contributed by atoms with van der Waals surface area (Å²) in [6.07, 6.45) is -4.08. The van der Waals surface area contributed by atoms with Crippen LogP contribution in [0.25, 0.3) is 0 Å². The summed E-state index contributed by atoms with van der Waals surface area (Å²) in [7, 11) is 0. The molecule has 1 saturated carbocycles. The Kier molecular flexibility index (Phi) is 4.19. The Morgan fingerprint density at radius 1 is 1.06 bits per heavy atom. The number of piperazine rings is 1. The third kappa shape index (κ3) is 3.92. The SMILES string of the molecule is [2H]C1([2H])C(C(=O)N2CCN(C(=O)c3cc(CC4N=NC(=O)c5ccccc54)ccc3F)CC2)C1([2H])[2H]. The van der Waals surface area contributed by atoms with E-state index in [1.54, 1.807) is 30.3 Å². The highest BCUT2D eigenvalue weighted by molar-refractivity contribution is 5.97. The number of carbonyl (C=O) groups excluding carboxylic acids is 3. The molecule has 0 spiro atoms. The molecular weight excluding hydrogens is 411 g/mol. The smallest absolute Gasteiger partial charge is 0.295 e. The van der Waals surface area contributed by atoms with E-state index in [4.69, 9.17) is 5.48 Å². The fraction of sp³-hybridized carbons (Fsp3) is 0.375. The van der Waals surface area contributed by atoms with Gasteiger partial charge in [-0.05, 0) is 42.1 Å². The Morgan fingerprint density at radius 2 is 1.78 bits per heavy atom. The fourth-order valence-electron chi connectivity index (χ4n) is 4.11. The molecule has 2 aromatic carbocycles. The van der Waals surface area contributed by atoms with E-state index in [1.165, 1.54) is 21.9 Å². The van der Waals surface area contributed by atoms with Crippen LogP contribution in [-0.2, 0) is 11.2 Å². The van der Waals surface area contributed by atoms with Crippen LogP contribution >= 0.6 is 0 Å². The Morgan fingerprint density at radius 3 is 2.53 bits per heavy atom. The van der Waals surface area contributed by atoms with Crippen molar-refractivity contribution in [3.63, 3.8) is 0 Å². The molecule has 0 bridgehead atoms. The van der Waals surface area contributed by atoms with Gasteiger partial charge in [0.1, 0.15) is 11.9 Å². The van der Waals surface area contributed by atoms with Crippen molar-refractivity contribution in [3.8, 4) is 0 Å². The molecule has 0 N–H and O–H groups in total. The van der Waals surface area contributed by atoms with Gasteiger partial charge in [-0.1, -0.05) is 24.3 Å². The van der Waals surface area contributed by atoms with Gasteiger partial charge in [0.05, 0.1) is 5.56 Å². The van der Waals surface area contributed by atoms with Crippen molar-refractivity contribution in [2.24, 2.45) is 16.1 Å². The van der Waals surface area contributed by atoms with Crippen molar-refractivity contribution in [1.29, 1.82) is 0 Å². The molecule has 1 atom stereocenters. The van der Waals surface area contributed by atoms with Crippen LogP contribution in [-0.4, -0.2) is 53.7 Å². The number of nitrogens with zero attached hydrogens (tertiary/aromatic N) is 4. The largest absolute Gasteiger partial charge is 0.339 e. The summed E-state index contributed by atoms with van der Waals surface area (Å²) in [5.74, 6) is -3.57. The van der Waals surface area contributed by atoms with Crippen LogP contribution in [0.5, 0.6) is 0 Å². The van der Waals surface area contributed by atoms with E-state index in [9.17, 15) is 18.8 Å². The van der Waals surface area contributed by atoms with E-state index in [1.807, 2.05) is 0 Å². The fourth-order valence-corrected chi connectivity index (χ4v) is 4.11. The predicted octanol–water partition coefficient (Wildman–Crippen LogP) is 3.41. The zero-order valence-corrected chi connectivity index (χ0v) is 17.1. The van der Waals surface area contributed by atoms with Crippen molar-refractivity contribution in [1.82, 2.24) is 9.80 Å². The molecule has 2 aromatic rings. The molecule has 1 aliphatic carbocycles. The molecule has 2 heterocycles. The van der Waals surface area contributed by atoms with Gasteiger partial charge < -0.3 is 9.80 Å². The number of benzene rings is 2. The van der Waals surface area contributed by atoms with Crippen LogP contribution in [0.1, 0.15) is 56.1 Å². The van der Waals surface area contributed by atoms with E-state index in [2.05, 4.69) is 10.2 Å². The first kappa shape index (κ1) is 16.2. The van der Waals surface area contributed by atoms with Gasteiger partial charge in [-0.25, -0.2) is 4.39 Å². The molecule has 164 valence electrons. The number of fused-ring (bicyclic) bond motifs is 1. The van der Waals surface area contributed by atoms with Gasteiger partial charge in [-0.2, -0.15) is 5.11 Å². The van der Waals surface area contributed by atoms with E-state index in [-0.39, 0.29) is 31.7 Å². The predicted molar refractivity (Wildman–Crippen MR) is 114 cm³/mol. The maximum Gasteiger partial charge on any atom is 0.295 e. The van der Waals surface area contributed by atoms with E-state index in [0.717, 1.165) is 5.56 Å². The molecule has 3 amide bonds. The van der Waals surface area contributed by atoms with Crippen molar-refractivity contribution in [2.45, 2.75) is 25.2 Å². The van der Waals surface area contributed by atoms with Crippen molar-refractivity contribution < 1.29 is 24.3 Å². The highest BCUT2D eigenvalue weighted by Gasteiger charge is 2.35. The van der Waals surface area contributed by atoms with Gasteiger partial charge in [-0.3, -0.25) is 14.4 Å². The highest BCUT2D eigenvalue weighted by Crippen LogP contribution is 2.32. The van der Waals surface area contributed by atoms with Gasteiger partial charge in [0.25, 0.3) is 11.8 Å². The van der Waals surface area contributed by atoms with Gasteiger partial charge in [0.15, 0.2) is 0 Å². The molecule has 2 fully saturated rings. The molecule has 1 saturated heterocycles. The van der Waals surface area contributed by atoms with Crippen LogP contribution in [0.3, 0.4) is 0 Å². The number of rotatable bonds is 4. The molecule has 5 rings (SSSR count). The van der Waals surface area contributed by atoms with Gasteiger partial charge >= 0.3 is 0 Å². The molecule has 0 aromatic heterocycles. The Bertz CT molecular complexity index is 1280. The number of halogens is 1. The Hall–Kier alpha value is -3.42. The average molecular weight is 438 g/mol. The molecular formula is C24H23FN4O3. The Labute approximate surface area is 190 Å². The summed E-state index contributed by atoms with van der Waals surface area (Å²) >= 11 is 0. The minimum atomic E-state index is -2.20. The monoisotopic (exact) mass is 438 g/mol. The van der Waals surface area contributed by atoms with Crippen LogP contribution in [0.15, 0.2) is 52.7 Å². The number of carbonyl (C=O) groups is 3. The summed E-state index contributed by atoms with van der Waals surface area (Å²) in [6.45, 7) is 0.474. The van der Waals surface area contributed by atoms with E-state index < -0.39 is 48.2 Å². The number of azo groups is 1. The first-order valence-corrected chi connectivity index (χ1v) is 10.4. The Balaban J connectivity index is 1.26. The van der Waals surface area contributed by atoms with Crippen molar-refractivity contribution >= 4 is 17.7 Å². The lowest BCUT2D eigenvalue weighted by Gasteiger charge is -2.35. The second kappa shape index (κ2) is 8.26. The molecule has 32 heavy (non-hydrogen) atoms. The lowest BCUT2D eigenvalue weighted by Crippen LogP contribution is -2.51. The van der Waals surface area contributed by atoms with E-state index >= 15 is 0 Å². The summed E-state index contributed by atoms with van der Waals surface area (Å²) in [4.78, 5) is 40.5. The first-order valence-electron chi connectivity index (χ1n) is 12.4. The van der Waals surface area contributed by atoms with Gasteiger partial charge in [-0.15, -0.1) is 5.11 Å². The standard InChI is InChI=1S/C24H23FN4O3/c25-20-8-5-15(14-21-17-3-1-2-4-18(17)22(30)27-26-21)13-19(20)24(32)29-11-9-28(10-12-29)23(31)16-6-7-16/h1-5,8,13,16,21H,6-7,9-12,14H2/i6D2,7D2. The lowest BCUT2D eigenvalue weighted by atomic mass is 9.93. The lowest BCUT2D eigenvalue weighted by molar-refractivity contribution is -0.134. The van der Waals surface area contributed by atoms with Gasteiger partial charge in [0, 0.05) is 49.6 Å². The zero-order valence-electron chi connectivity index (χ0n) is 21.1. The number of hydrogen-bond acceptors (Lipinski definition) is 4. The van der Waals surface area contributed by atoms with Gasteiger partial charge in [0.2, 0.25) is 5.91 Å². The molecule has 2 aliphatic heterocycles. The van der Waals surface area contributed by atoms with Crippen molar-refractivity contribution in [3.05, 3.63) is 70.5 Å². The number of amides is 3.